The van der Waals surface area contributed by atoms with Gasteiger partial charge in [-0.25, -0.2) is 0 Å². The SMILES string of the molecule is Nc1cc(C(F)(F)F)ccc1S(=O)CCCN1CCCC1. The van der Waals surface area contributed by atoms with Crippen molar-refractivity contribution >= 4 is 16.5 Å². The summed E-state index contributed by atoms with van der Waals surface area (Å²) in [6.45, 7) is 3.04. The third-order valence-electron chi connectivity index (χ3n) is 3.59. The molecule has 21 heavy (non-hydrogen) atoms. The van der Waals surface area contributed by atoms with Crippen LogP contribution in [0.4, 0.5) is 18.9 Å². The van der Waals surface area contributed by atoms with Gasteiger partial charge in [-0.3, -0.25) is 4.21 Å². The molecule has 0 aromatic heterocycles. The first-order valence-electron chi connectivity index (χ1n) is 6.95. The second-order valence-electron chi connectivity index (χ2n) is 5.20. The maximum Gasteiger partial charge on any atom is 0.416 e. The number of likely N-dealkylation sites (tertiary alicyclic amines) is 1. The standard InChI is InChI=1S/C14H19F3N2OS/c15-14(16,17)11-4-5-13(12(18)10-11)21(20)9-3-8-19-6-1-2-7-19/h4-5,10H,1-3,6-9,18H2. The zero-order chi connectivity index (χ0) is 15.5. The fraction of sp³-hybridized carbons (Fsp3) is 0.571. The highest BCUT2D eigenvalue weighted by Crippen LogP contribution is 2.32. The molecule has 0 saturated carbocycles. The molecule has 1 aliphatic heterocycles. The van der Waals surface area contributed by atoms with Gasteiger partial charge in [0, 0.05) is 11.4 Å². The molecule has 2 N–H and O–H groups in total. The zero-order valence-corrected chi connectivity index (χ0v) is 12.5. The van der Waals surface area contributed by atoms with Gasteiger partial charge < -0.3 is 10.6 Å². The second-order valence-corrected chi connectivity index (χ2v) is 6.74. The largest absolute Gasteiger partial charge is 0.416 e. The highest BCUT2D eigenvalue weighted by molar-refractivity contribution is 7.85. The first kappa shape index (κ1) is 16.3. The van der Waals surface area contributed by atoms with Crippen LogP contribution in [0.25, 0.3) is 0 Å². The summed E-state index contributed by atoms with van der Waals surface area (Å²) in [5, 5.41) is 0. The molecule has 1 aromatic rings. The van der Waals surface area contributed by atoms with Gasteiger partial charge in [-0.2, -0.15) is 13.2 Å². The summed E-state index contributed by atoms with van der Waals surface area (Å²) in [5.74, 6) is 0.423. The monoisotopic (exact) mass is 320 g/mol. The van der Waals surface area contributed by atoms with E-state index in [9.17, 15) is 17.4 Å². The minimum atomic E-state index is -4.43. The number of halogens is 3. The van der Waals surface area contributed by atoms with Crippen LogP contribution < -0.4 is 5.73 Å². The summed E-state index contributed by atoms with van der Waals surface area (Å²) in [4.78, 5) is 2.61. The van der Waals surface area contributed by atoms with Gasteiger partial charge in [-0.1, -0.05) is 0 Å². The smallest absolute Gasteiger partial charge is 0.398 e. The van der Waals surface area contributed by atoms with Crippen molar-refractivity contribution in [3.8, 4) is 0 Å². The van der Waals surface area contributed by atoms with Gasteiger partial charge >= 0.3 is 6.18 Å². The Hall–Kier alpha value is -1.08. The molecule has 0 spiro atoms. The summed E-state index contributed by atoms with van der Waals surface area (Å²) in [7, 11) is -1.35. The molecule has 0 radical (unpaired) electrons. The molecule has 118 valence electrons. The van der Waals surface area contributed by atoms with Crippen LogP contribution in [0.5, 0.6) is 0 Å². The highest BCUT2D eigenvalue weighted by Gasteiger charge is 2.31. The number of nitrogen functional groups attached to an aromatic ring is 1. The van der Waals surface area contributed by atoms with Crippen LogP contribution in [0.15, 0.2) is 23.1 Å². The van der Waals surface area contributed by atoms with Crippen molar-refractivity contribution in [2.24, 2.45) is 0 Å². The lowest BCUT2D eigenvalue weighted by Crippen LogP contribution is -2.21. The molecular formula is C14H19F3N2OS. The first-order chi connectivity index (χ1) is 9.88. The second kappa shape index (κ2) is 6.79. The Kier molecular flexibility index (Phi) is 5.27. The lowest BCUT2D eigenvalue weighted by atomic mass is 10.2. The van der Waals surface area contributed by atoms with Crippen LogP contribution in [0.2, 0.25) is 0 Å². The molecule has 1 unspecified atom stereocenters. The van der Waals surface area contributed by atoms with Crippen molar-refractivity contribution in [1.29, 1.82) is 0 Å². The molecular weight excluding hydrogens is 301 g/mol. The van der Waals surface area contributed by atoms with Gasteiger partial charge in [0.05, 0.1) is 21.3 Å². The molecule has 1 fully saturated rings. The van der Waals surface area contributed by atoms with Crippen LogP contribution in [-0.4, -0.2) is 34.5 Å². The number of hydrogen-bond acceptors (Lipinski definition) is 3. The summed E-state index contributed by atoms with van der Waals surface area (Å²) in [5.41, 5.74) is 4.75. The topological polar surface area (TPSA) is 46.3 Å². The van der Waals surface area contributed by atoms with Crippen molar-refractivity contribution < 1.29 is 17.4 Å². The highest BCUT2D eigenvalue weighted by atomic mass is 32.2. The van der Waals surface area contributed by atoms with Crippen LogP contribution >= 0.6 is 0 Å². The van der Waals surface area contributed by atoms with E-state index in [2.05, 4.69) is 4.90 Å². The molecule has 1 saturated heterocycles. The maximum atomic E-state index is 12.5. The molecule has 0 amide bonds. The number of rotatable bonds is 5. The average Bonchev–Trinajstić information content (AvgIpc) is 2.90. The fourth-order valence-corrected chi connectivity index (χ4v) is 3.62. The van der Waals surface area contributed by atoms with Gasteiger partial charge in [0.15, 0.2) is 0 Å². The molecule has 0 aliphatic carbocycles. The van der Waals surface area contributed by atoms with Crippen LogP contribution in [0.3, 0.4) is 0 Å². The van der Waals surface area contributed by atoms with Crippen molar-refractivity contribution in [3.05, 3.63) is 23.8 Å². The normalized spacial score (nSPS) is 18.0. The van der Waals surface area contributed by atoms with E-state index in [0.29, 0.717) is 10.6 Å². The van der Waals surface area contributed by atoms with Crippen LogP contribution in [0, 0.1) is 0 Å². The molecule has 7 heteroatoms. The van der Waals surface area contributed by atoms with Gasteiger partial charge in [-0.05, 0) is 57.1 Å². The maximum absolute atomic E-state index is 12.5. The van der Waals surface area contributed by atoms with E-state index in [1.165, 1.54) is 18.9 Å². The number of alkyl halides is 3. The van der Waals surface area contributed by atoms with E-state index in [1.807, 2.05) is 0 Å². The molecule has 1 aromatic carbocycles. The van der Waals surface area contributed by atoms with Crippen molar-refractivity contribution in [3.63, 3.8) is 0 Å². The first-order valence-corrected chi connectivity index (χ1v) is 8.27. The Morgan fingerprint density at radius 2 is 1.90 bits per heavy atom. The summed E-state index contributed by atoms with van der Waals surface area (Å²) >= 11 is 0. The van der Waals surface area contributed by atoms with Crippen molar-refractivity contribution in [2.45, 2.75) is 30.3 Å². The molecule has 0 bridgehead atoms. The lowest BCUT2D eigenvalue weighted by Gasteiger charge is -2.14. The van der Waals surface area contributed by atoms with E-state index in [1.54, 1.807) is 0 Å². The predicted octanol–water partition coefficient (Wildman–Crippen LogP) is 2.88. The van der Waals surface area contributed by atoms with Crippen LogP contribution in [-0.2, 0) is 17.0 Å². The Morgan fingerprint density at radius 1 is 1.24 bits per heavy atom. The molecule has 2 rings (SSSR count). The zero-order valence-electron chi connectivity index (χ0n) is 11.7. The number of hydrogen-bond donors (Lipinski definition) is 1. The summed E-state index contributed by atoms with van der Waals surface area (Å²) < 4.78 is 49.7. The minimum Gasteiger partial charge on any atom is -0.398 e. The van der Waals surface area contributed by atoms with E-state index < -0.39 is 22.5 Å². The Bertz CT molecular complexity index is 513. The van der Waals surface area contributed by atoms with E-state index in [4.69, 9.17) is 5.73 Å². The predicted molar refractivity (Wildman–Crippen MR) is 77.4 cm³/mol. The third-order valence-corrected chi connectivity index (χ3v) is 5.11. The Labute approximate surface area is 124 Å². The van der Waals surface area contributed by atoms with Crippen molar-refractivity contribution in [1.82, 2.24) is 4.90 Å². The van der Waals surface area contributed by atoms with Gasteiger partial charge in [0.25, 0.3) is 0 Å². The molecule has 1 heterocycles. The van der Waals surface area contributed by atoms with E-state index in [0.717, 1.165) is 38.2 Å². The van der Waals surface area contributed by atoms with E-state index >= 15 is 0 Å². The molecule has 1 atom stereocenters. The average molecular weight is 320 g/mol. The van der Waals surface area contributed by atoms with Gasteiger partial charge in [-0.15, -0.1) is 0 Å². The Balaban J connectivity index is 1.92. The van der Waals surface area contributed by atoms with Gasteiger partial charge in [0.1, 0.15) is 0 Å². The van der Waals surface area contributed by atoms with Gasteiger partial charge in [0.2, 0.25) is 0 Å². The van der Waals surface area contributed by atoms with E-state index in [-0.39, 0.29) is 5.69 Å². The number of benzene rings is 1. The minimum absolute atomic E-state index is 0.0515. The summed E-state index contributed by atoms with van der Waals surface area (Å²) in [6, 6.07) is 3.02. The molecule has 3 nitrogen and oxygen atoms in total. The molecule has 1 aliphatic rings. The lowest BCUT2D eigenvalue weighted by molar-refractivity contribution is -0.137. The number of nitrogens with two attached hydrogens (primary N) is 1. The number of anilines is 1. The quantitative estimate of drug-likeness (QED) is 0.849. The number of nitrogens with zero attached hydrogens (tertiary/aromatic N) is 1. The van der Waals surface area contributed by atoms with Crippen molar-refractivity contribution in [2.75, 3.05) is 31.1 Å². The third kappa shape index (κ3) is 4.44. The summed E-state index contributed by atoms with van der Waals surface area (Å²) in [6.07, 6.45) is -1.26. The Morgan fingerprint density at radius 3 is 2.48 bits per heavy atom. The van der Waals surface area contributed by atoms with Crippen LogP contribution in [0.1, 0.15) is 24.8 Å². The fourth-order valence-electron chi connectivity index (χ4n) is 2.47.